The predicted octanol–water partition coefficient (Wildman–Crippen LogP) is -0.908. The van der Waals surface area contributed by atoms with E-state index < -0.39 is 0 Å². The number of piperazine rings is 1. The summed E-state index contributed by atoms with van der Waals surface area (Å²) >= 11 is 0. The molecule has 1 saturated heterocycles. The van der Waals surface area contributed by atoms with Crippen molar-refractivity contribution in [3.8, 4) is 0 Å². The summed E-state index contributed by atoms with van der Waals surface area (Å²) in [6, 6.07) is 10.1. The largest absolute Gasteiger partial charge is 0.351 e. The van der Waals surface area contributed by atoms with Crippen LogP contribution in [0.25, 0.3) is 0 Å². The molecule has 0 unspecified atom stereocenters. The maximum absolute atomic E-state index is 11.9. The van der Waals surface area contributed by atoms with E-state index >= 15 is 0 Å². The summed E-state index contributed by atoms with van der Waals surface area (Å²) in [5.41, 5.74) is 1.24. The third kappa shape index (κ3) is 5.19. The number of hydrogen-bond donors (Lipinski definition) is 2. The smallest absolute Gasteiger partial charge is 0.275 e. The van der Waals surface area contributed by atoms with Crippen LogP contribution in [0.4, 0.5) is 0 Å². The first-order valence-corrected chi connectivity index (χ1v) is 7.55. The zero-order chi connectivity index (χ0) is 15.1. The lowest BCUT2D eigenvalue weighted by Gasteiger charge is -2.31. The van der Waals surface area contributed by atoms with E-state index in [0.29, 0.717) is 13.1 Å². The average Bonchev–Trinajstić information content (AvgIpc) is 2.49. The van der Waals surface area contributed by atoms with Gasteiger partial charge in [-0.25, -0.2) is 0 Å². The molecule has 1 aliphatic rings. The van der Waals surface area contributed by atoms with Crippen molar-refractivity contribution in [3.63, 3.8) is 0 Å². The van der Waals surface area contributed by atoms with E-state index in [9.17, 15) is 9.59 Å². The van der Waals surface area contributed by atoms with Crippen molar-refractivity contribution in [1.82, 2.24) is 10.2 Å². The van der Waals surface area contributed by atoms with Crippen LogP contribution in [0.3, 0.4) is 0 Å². The molecule has 0 aromatic heterocycles. The van der Waals surface area contributed by atoms with Crippen molar-refractivity contribution in [2.24, 2.45) is 0 Å². The first kappa shape index (κ1) is 15.5. The Labute approximate surface area is 125 Å². The molecule has 0 bridgehead atoms. The Bertz CT molecular complexity index is 468. The average molecular weight is 290 g/mol. The lowest BCUT2D eigenvalue weighted by molar-refractivity contribution is -0.896. The fourth-order valence-electron chi connectivity index (χ4n) is 2.60. The van der Waals surface area contributed by atoms with Crippen LogP contribution in [0.2, 0.25) is 0 Å². The molecule has 1 aliphatic heterocycles. The number of benzene rings is 1. The molecule has 2 N–H and O–H groups in total. The molecule has 0 aliphatic carbocycles. The highest BCUT2D eigenvalue weighted by molar-refractivity contribution is 5.76. The maximum atomic E-state index is 11.9. The molecule has 0 radical (unpaired) electrons. The summed E-state index contributed by atoms with van der Waals surface area (Å²) in [7, 11) is 0. The van der Waals surface area contributed by atoms with Crippen molar-refractivity contribution >= 4 is 11.8 Å². The molecule has 0 atom stereocenters. The molecule has 2 rings (SSSR count). The van der Waals surface area contributed by atoms with E-state index in [-0.39, 0.29) is 11.8 Å². The Morgan fingerprint density at radius 2 is 1.86 bits per heavy atom. The van der Waals surface area contributed by atoms with Crippen molar-refractivity contribution in [2.45, 2.75) is 13.3 Å². The number of hydrogen-bond acceptors (Lipinski definition) is 2. The van der Waals surface area contributed by atoms with Crippen molar-refractivity contribution < 1.29 is 14.5 Å². The van der Waals surface area contributed by atoms with Gasteiger partial charge in [0.1, 0.15) is 0 Å². The van der Waals surface area contributed by atoms with E-state index in [1.807, 2.05) is 23.1 Å². The Balaban J connectivity index is 1.63. The molecular formula is C16H24N3O2+. The highest BCUT2D eigenvalue weighted by Gasteiger charge is 2.22. The topological polar surface area (TPSA) is 53.9 Å². The van der Waals surface area contributed by atoms with Gasteiger partial charge in [-0.3, -0.25) is 9.59 Å². The van der Waals surface area contributed by atoms with Gasteiger partial charge in [-0.2, -0.15) is 0 Å². The SMILES string of the molecule is CC(=O)N1CC[NH+](CC(=O)NCCc2ccccc2)CC1. The molecule has 0 spiro atoms. The highest BCUT2D eigenvalue weighted by Crippen LogP contribution is 1.97. The van der Waals surface area contributed by atoms with Crippen molar-refractivity contribution in [3.05, 3.63) is 35.9 Å². The van der Waals surface area contributed by atoms with E-state index in [1.165, 1.54) is 10.5 Å². The predicted molar refractivity (Wildman–Crippen MR) is 81.0 cm³/mol. The highest BCUT2D eigenvalue weighted by atomic mass is 16.2. The first-order valence-electron chi connectivity index (χ1n) is 7.55. The van der Waals surface area contributed by atoms with Crippen molar-refractivity contribution in [1.29, 1.82) is 0 Å². The van der Waals surface area contributed by atoms with Gasteiger partial charge in [-0.05, 0) is 12.0 Å². The molecule has 1 fully saturated rings. The van der Waals surface area contributed by atoms with Crippen LogP contribution in [0.5, 0.6) is 0 Å². The summed E-state index contributed by atoms with van der Waals surface area (Å²) in [6.45, 7) is 5.98. The summed E-state index contributed by atoms with van der Waals surface area (Å²) in [5.74, 6) is 0.221. The summed E-state index contributed by atoms with van der Waals surface area (Å²) < 4.78 is 0. The van der Waals surface area contributed by atoms with Crippen molar-refractivity contribution in [2.75, 3.05) is 39.3 Å². The number of rotatable bonds is 5. The van der Waals surface area contributed by atoms with E-state index in [2.05, 4.69) is 17.4 Å². The number of amides is 2. The number of carbonyl (C=O) groups excluding carboxylic acids is 2. The lowest BCUT2D eigenvalue weighted by atomic mass is 10.1. The molecule has 5 heteroatoms. The monoisotopic (exact) mass is 290 g/mol. The van der Waals surface area contributed by atoms with Gasteiger partial charge < -0.3 is 15.1 Å². The van der Waals surface area contributed by atoms with Gasteiger partial charge in [-0.1, -0.05) is 30.3 Å². The number of nitrogens with zero attached hydrogens (tertiary/aromatic N) is 1. The minimum absolute atomic E-state index is 0.0946. The molecule has 2 amide bonds. The third-order valence-corrected chi connectivity index (χ3v) is 3.91. The Hall–Kier alpha value is -1.88. The second-order valence-corrected chi connectivity index (χ2v) is 5.52. The van der Waals surface area contributed by atoms with E-state index in [1.54, 1.807) is 6.92 Å². The number of quaternary nitrogens is 1. The molecule has 1 aromatic rings. The normalized spacial score (nSPS) is 15.8. The van der Waals surface area contributed by atoms with Crippen LogP contribution < -0.4 is 10.2 Å². The van der Waals surface area contributed by atoms with Crippen LogP contribution in [0, 0.1) is 0 Å². The number of carbonyl (C=O) groups is 2. The van der Waals surface area contributed by atoms with Gasteiger partial charge in [0.25, 0.3) is 5.91 Å². The first-order chi connectivity index (χ1) is 10.1. The fourth-order valence-corrected chi connectivity index (χ4v) is 2.60. The van der Waals surface area contributed by atoms with Crippen LogP contribution in [0.15, 0.2) is 30.3 Å². The molecule has 5 nitrogen and oxygen atoms in total. The van der Waals surface area contributed by atoms with Gasteiger partial charge in [0, 0.05) is 13.5 Å². The molecule has 21 heavy (non-hydrogen) atoms. The van der Waals surface area contributed by atoms with Gasteiger partial charge in [0.05, 0.1) is 26.2 Å². The lowest BCUT2D eigenvalue weighted by Crippen LogP contribution is -3.15. The number of nitrogens with one attached hydrogen (secondary N) is 2. The zero-order valence-corrected chi connectivity index (χ0v) is 12.6. The Morgan fingerprint density at radius 1 is 1.19 bits per heavy atom. The molecule has 114 valence electrons. The van der Waals surface area contributed by atoms with Crippen LogP contribution in [-0.2, 0) is 16.0 Å². The van der Waals surface area contributed by atoms with Gasteiger partial charge in [-0.15, -0.1) is 0 Å². The summed E-state index contributed by atoms with van der Waals surface area (Å²) in [5, 5.41) is 2.97. The minimum Gasteiger partial charge on any atom is -0.351 e. The second kappa shape index (κ2) is 7.78. The molecule has 1 heterocycles. The van der Waals surface area contributed by atoms with E-state index in [0.717, 1.165) is 32.6 Å². The van der Waals surface area contributed by atoms with Crippen LogP contribution in [0.1, 0.15) is 12.5 Å². The summed E-state index contributed by atoms with van der Waals surface area (Å²) in [4.78, 5) is 26.2. The van der Waals surface area contributed by atoms with Crippen LogP contribution >= 0.6 is 0 Å². The Kier molecular flexibility index (Phi) is 5.75. The van der Waals surface area contributed by atoms with Gasteiger partial charge in [0.2, 0.25) is 5.91 Å². The molecular weight excluding hydrogens is 266 g/mol. The standard InChI is InChI=1S/C16H23N3O2/c1-14(20)19-11-9-18(10-12-19)13-16(21)17-8-7-15-5-3-2-4-6-15/h2-6H,7-13H2,1H3,(H,17,21)/p+1. The Morgan fingerprint density at radius 3 is 2.48 bits per heavy atom. The third-order valence-electron chi connectivity index (χ3n) is 3.91. The zero-order valence-electron chi connectivity index (χ0n) is 12.6. The van der Waals surface area contributed by atoms with E-state index in [4.69, 9.17) is 0 Å². The summed E-state index contributed by atoms with van der Waals surface area (Å²) in [6.07, 6.45) is 0.861. The van der Waals surface area contributed by atoms with Crippen LogP contribution in [-0.4, -0.2) is 56.0 Å². The fraction of sp³-hybridized carbons (Fsp3) is 0.500. The molecule has 0 saturated carbocycles. The minimum atomic E-state index is 0.0946. The van der Waals surface area contributed by atoms with Gasteiger partial charge in [0.15, 0.2) is 6.54 Å². The quantitative estimate of drug-likeness (QED) is 0.738. The second-order valence-electron chi connectivity index (χ2n) is 5.52. The maximum Gasteiger partial charge on any atom is 0.275 e. The molecule has 1 aromatic carbocycles. The van der Waals surface area contributed by atoms with Gasteiger partial charge >= 0.3 is 0 Å².